The van der Waals surface area contributed by atoms with Gasteiger partial charge in [-0.2, -0.15) is 0 Å². The van der Waals surface area contributed by atoms with E-state index >= 15 is 0 Å². The summed E-state index contributed by atoms with van der Waals surface area (Å²) in [5.41, 5.74) is 2.59. The summed E-state index contributed by atoms with van der Waals surface area (Å²) in [6.07, 6.45) is 6.29. The minimum absolute atomic E-state index is 0.0184. The van der Waals surface area contributed by atoms with E-state index in [0.717, 1.165) is 52.5 Å². The van der Waals surface area contributed by atoms with Gasteiger partial charge >= 0.3 is 6.09 Å². The molecule has 208 valence electrons. The molecule has 0 bridgehead atoms. The van der Waals surface area contributed by atoms with E-state index in [9.17, 15) is 9.59 Å². The highest BCUT2D eigenvalue weighted by Gasteiger charge is 2.33. The summed E-state index contributed by atoms with van der Waals surface area (Å²) in [6, 6.07) is 20.1. The summed E-state index contributed by atoms with van der Waals surface area (Å²) in [7, 11) is 0. The molecule has 2 aromatic carbocycles. The number of carbonyl (C=O) groups excluding carboxylic acids is 2. The van der Waals surface area contributed by atoms with Crippen molar-refractivity contribution < 1.29 is 14.3 Å². The maximum atomic E-state index is 14.2. The van der Waals surface area contributed by atoms with E-state index in [2.05, 4.69) is 28.5 Å². The van der Waals surface area contributed by atoms with Crippen LogP contribution in [0.15, 0.2) is 73.1 Å². The number of halogens is 1. The van der Waals surface area contributed by atoms with E-state index in [1.54, 1.807) is 6.20 Å². The van der Waals surface area contributed by atoms with Crippen LogP contribution >= 0.6 is 22.9 Å². The summed E-state index contributed by atoms with van der Waals surface area (Å²) < 4.78 is 6.45. The largest absolute Gasteiger partial charge is 0.444 e. The molecule has 1 N–H and O–H groups in total. The molecule has 0 spiro atoms. The van der Waals surface area contributed by atoms with Crippen molar-refractivity contribution in [1.82, 2.24) is 15.2 Å². The van der Waals surface area contributed by atoms with Crippen LogP contribution in [-0.4, -0.2) is 39.6 Å². The van der Waals surface area contributed by atoms with E-state index < -0.39 is 11.7 Å². The number of fused-ring (bicyclic) bond motifs is 1. The van der Waals surface area contributed by atoms with Crippen LogP contribution in [-0.2, 0) is 11.3 Å². The number of carbonyl (C=O) groups is 2. The van der Waals surface area contributed by atoms with Crippen LogP contribution in [0.5, 0.6) is 0 Å². The zero-order valence-electron chi connectivity index (χ0n) is 23.0. The molecule has 2 amide bonds. The maximum Gasteiger partial charge on any atom is 0.407 e. The molecule has 2 aromatic heterocycles. The first-order chi connectivity index (χ1) is 19.2. The molecule has 1 saturated carbocycles. The number of ether oxygens (including phenoxy) is 1. The van der Waals surface area contributed by atoms with Crippen LogP contribution in [0.25, 0.3) is 21.2 Å². The van der Waals surface area contributed by atoms with Gasteiger partial charge in [-0.3, -0.25) is 9.78 Å². The molecule has 1 fully saturated rings. The number of hydrogen-bond donors (Lipinski definition) is 1. The third-order valence-electron chi connectivity index (χ3n) is 7.12. The van der Waals surface area contributed by atoms with Crippen molar-refractivity contribution in [1.29, 1.82) is 0 Å². The number of benzene rings is 2. The average Bonchev–Trinajstić information content (AvgIpc) is 3.28. The van der Waals surface area contributed by atoms with Crippen LogP contribution in [0.1, 0.15) is 61.7 Å². The first-order valence-corrected chi connectivity index (χ1v) is 14.8. The van der Waals surface area contributed by atoms with Gasteiger partial charge in [0, 0.05) is 41.1 Å². The van der Waals surface area contributed by atoms with E-state index in [-0.39, 0.29) is 18.0 Å². The molecule has 6 nitrogen and oxygen atoms in total. The molecule has 40 heavy (non-hydrogen) atoms. The fourth-order valence-corrected chi connectivity index (χ4v) is 6.70. The highest BCUT2D eigenvalue weighted by molar-refractivity contribution is 7.21. The SMILES string of the molecule is CC(C)(C)OC(=O)NC1CCC(N(Cc2cccc(-c3cccnc3)c2)C(=O)c2sc3ccccc3c2Cl)CC1. The molecule has 0 aliphatic heterocycles. The van der Waals surface area contributed by atoms with E-state index in [1.807, 2.05) is 74.3 Å². The van der Waals surface area contributed by atoms with Gasteiger partial charge in [-0.1, -0.05) is 54.1 Å². The van der Waals surface area contributed by atoms with E-state index in [0.29, 0.717) is 16.4 Å². The Morgan fingerprint density at radius 3 is 2.48 bits per heavy atom. The lowest BCUT2D eigenvalue weighted by atomic mass is 9.89. The van der Waals surface area contributed by atoms with Gasteiger partial charge in [0.15, 0.2) is 0 Å². The standard InChI is InChI=1S/C32H34ClN3O3S/c1-32(2,3)39-31(38)35-24-13-15-25(16-14-24)36(30(37)29-28(33)26-11-4-5-12-27(26)40-29)20-21-8-6-9-22(18-21)23-10-7-17-34-19-23/h4-12,17-19,24-25H,13-16,20H2,1-3H3,(H,35,38). The third-order valence-corrected chi connectivity index (χ3v) is 8.79. The van der Waals surface area contributed by atoms with Crippen LogP contribution in [0.2, 0.25) is 5.02 Å². The predicted octanol–water partition coefficient (Wildman–Crippen LogP) is 8.10. The van der Waals surface area contributed by atoms with Gasteiger partial charge in [0.2, 0.25) is 0 Å². The van der Waals surface area contributed by atoms with Gasteiger partial charge in [-0.05, 0) is 81.3 Å². The normalized spacial score (nSPS) is 17.4. The molecule has 0 atom stereocenters. The van der Waals surface area contributed by atoms with Crippen molar-refractivity contribution in [3.8, 4) is 11.1 Å². The monoisotopic (exact) mass is 575 g/mol. The number of amides is 2. The second-order valence-corrected chi connectivity index (χ2v) is 12.7. The van der Waals surface area contributed by atoms with E-state index in [4.69, 9.17) is 16.3 Å². The predicted molar refractivity (Wildman–Crippen MR) is 162 cm³/mol. The molecular formula is C32H34ClN3O3S. The highest BCUT2D eigenvalue weighted by atomic mass is 35.5. The number of nitrogens with one attached hydrogen (secondary N) is 1. The van der Waals surface area contributed by atoms with Gasteiger partial charge in [-0.25, -0.2) is 4.79 Å². The number of alkyl carbamates (subject to hydrolysis) is 1. The number of hydrogen-bond acceptors (Lipinski definition) is 5. The lowest BCUT2D eigenvalue weighted by Crippen LogP contribution is -2.46. The Labute approximate surface area is 244 Å². The second-order valence-electron chi connectivity index (χ2n) is 11.3. The Morgan fingerprint density at radius 1 is 1.02 bits per heavy atom. The Kier molecular flexibility index (Phi) is 8.43. The quantitative estimate of drug-likeness (QED) is 0.252. The zero-order chi connectivity index (χ0) is 28.3. The molecule has 1 aliphatic rings. The molecule has 8 heteroatoms. The fourth-order valence-electron chi connectivity index (χ4n) is 5.23. The van der Waals surface area contributed by atoms with Crippen molar-refractivity contribution in [2.45, 2.75) is 70.7 Å². The van der Waals surface area contributed by atoms with Crippen LogP contribution in [0, 0.1) is 0 Å². The lowest BCUT2D eigenvalue weighted by molar-refractivity contribution is 0.0454. The summed E-state index contributed by atoms with van der Waals surface area (Å²) in [6.45, 7) is 6.03. The van der Waals surface area contributed by atoms with Crippen molar-refractivity contribution in [2.24, 2.45) is 0 Å². The van der Waals surface area contributed by atoms with E-state index in [1.165, 1.54) is 11.3 Å². The van der Waals surface area contributed by atoms with Crippen LogP contribution < -0.4 is 5.32 Å². The number of thiophene rings is 1. The second kappa shape index (κ2) is 12.0. The Balaban J connectivity index is 1.38. The number of nitrogens with zero attached hydrogens (tertiary/aromatic N) is 2. The molecular weight excluding hydrogens is 542 g/mol. The molecule has 1 aliphatic carbocycles. The van der Waals surface area contributed by atoms with Gasteiger partial charge in [0.25, 0.3) is 5.91 Å². The molecule has 2 heterocycles. The Bertz CT molecular complexity index is 1490. The lowest BCUT2D eigenvalue weighted by Gasteiger charge is -2.37. The van der Waals surface area contributed by atoms with Crippen LogP contribution in [0.4, 0.5) is 4.79 Å². The third kappa shape index (κ3) is 6.65. The minimum Gasteiger partial charge on any atom is -0.444 e. The van der Waals surface area contributed by atoms with Crippen molar-refractivity contribution in [3.05, 3.63) is 88.5 Å². The summed E-state index contributed by atoms with van der Waals surface area (Å²) >= 11 is 8.22. The summed E-state index contributed by atoms with van der Waals surface area (Å²) in [4.78, 5) is 33.3. The Morgan fingerprint density at radius 2 is 1.77 bits per heavy atom. The fraction of sp³-hybridized carbons (Fsp3) is 0.344. The smallest absolute Gasteiger partial charge is 0.407 e. The van der Waals surface area contributed by atoms with Gasteiger partial charge in [-0.15, -0.1) is 11.3 Å². The summed E-state index contributed by atoms with van der Waals surface area (Å²) in [5, 5.41) is 4.43. The number of pyridine rings is 1. The maximum absolute atomic E-state index is 14.2. The molecule has 4 aromatic rings. The molecule has 0 radical (unpaired) electrons. The number of aromatic nitrogens is 1. The van der Waals surface area contributed by atoms with Gasteiger partial charge in [0.1, 0.15) is 10.5 Å². The van der Waals surface area contributed by atoms with Crippen LogP contribution in [0.3, 0.4) is 0 Å². The highest BCUT2D eigenvalue weighted by Crippen LogP contribution is 2.37. The molecule has 0 saturated heterocycles. The number of rotatable bonds is 6. The van der Waals surface area contributed by atoms with Crippen molar-refractivity contribution in [3.63, 3.8) is 0 Å². The zero-order valence-corrected chi connectivity index (χ0v) is 24.6. The van der Waals surface area contributed by atoms with Crippen molar-refractivity contribution >= 4 is 45.0 Å². The minimum atomic E-state index is -0.543. The molecule has 5 rings (SSSR count). The first-order valence-electron chi connectivity index (χ1n) is 13.6. The topological polar surface area (TPSA) is 71.5 Å². The first kappa shape index (κ1) is 28.1. The molecule has 0 unspecified atom stereocenters. The summed E-state index contributed by atoms with van der Waals surface area (Å²) in [5.74, 6) is -0.0541. The van der Waals surface area contributed by atoms with Crippen molar-refractivity contribution in [2.75, 3.05) is 0 Å². The van der Waals surface area contributed by atoms with Gasteiger partial charge < -0.3 is 15.0 Å². The average molecular weight is 576 g/mol. The Hall–Kier alpha value is -3.42. The van der Waals surface area contributed by atoms with Gasteiger partial charge in [0.05, 0.1) is 5.02 Å².